The quantitative estimate of drug-likeness (QED) is 0.324. The van der Waals surface area contributed by atoms with E-state index in [0.717, 1.165) is 26.3 Å². The van der Waals surface area contributed by atoms with E-state index in [-0.39, 0.29) is 23.4 Å². The van der Waals surface area contributed by atoms with E-state index in [9.17, 15) is 18.0 Å². The number of amides is 2. The van der Waals surface area contributed by atoms with Crippen LogP contribution in [0.25, 0.3) is 0 Å². The molecule has 7 nitrogen and oxygen atoms in total. The molecule has 202 valence electrons. The summed E-state index contributed by atoms with van der Waals surface area (Å²) >= 11 is 3.45. The second-order valence-corrected chi connectivity index (χ2v) is 12.1. The first-order valence-electron chi connectivity index (χ1n) is 12.5. The lowest BCUT2D eigenvalue weighted by Gasteiger charge is -2.32. The van der Waals surface area contributed by atoms with Crippen molar-refractivity contribution in [3.8, 4) is 0 Å². The largest absolute Gasteiger partial charge is 0.352 e. The third-order valence-corrected chi connectivity index (χ3v) is 8.62. The van der Waals surface area contributed by atoms with Crippen molar-refractivity contribution in [3.63, 3.8) is 0 Å². The Morgan fingerprint density at radius 3 is 2.21 bits per heavy atom. The van der Waals surface area contributed by atoms with Gasteiger partial charge in [-0.25, -0.2) is 8.42 Å². The molecule has 0 aliphatic heterocycles. The van der Waals surface area contributed by atoms with Crippen LogP contribution < -0.4 is 9.62 Å². The maximum absolute atomic E-state index is 13.9. The Labute approximate surface area is 234 Å². The Balaban J connectivity index is 2.00. The van der Waals surface area contributed by atoms with Gasteiger partial charge in [-0.1, -0.05) is 70.9 Å². The van der Waals surface area contributed by atoms with Gasteiger partial charge >= 0.3 is 0 Å². The molecule has 38 heavy (non-hydrogen) atoms. The SMILES string of the molecule is CCC(C)NC(=O)C(C)N(Cc1cccc(Br)c1)C(=O)CN(c1ccccc1)S(=O)(=O)c1ccc(C)cc1. The molecule has 0 spiro atoms. The molecule has 0 saturated heterocycles. The van der Waals surface area contributed by atoms with E-state index in [1.165, 1.54) is 17.0 Å². The predicted molar refractivity (Wildman–Crippen MR) is 154 cm³/mol. The lowest BCUT2D eigenvalue weighted by Crippen LogP contribution is -2.52. The van der Waals surface area contributed by atoms with Crippen LogP contribution >= 0.6 is 15.9 Å². The molecule has 0 heterocycles. The summed E-state index contributed by atoms with van der Waals surface area (Å²) < 4.78 is 29.5. The maximum Gasteiger partial charge on any atom is 0.264 e. The van der Waals surface area contributed by atoms with Crippen molar-refractivity contribution in [2.75, 3.05) is 10.8 Å². The van der Waals surface area contributed by atoms with Crippen molar-refractivity contribution >= 4 is 43.5 Å². The van der Waals surface area contributed by atoms with Crippen LogP contribution in [-0.2, 0) is 26.2 Å². The fourth-order valence-electron chi connectivity index (χ4n) is 3.84. The lowest BCUT2D eigenvalue weighted by molar-refractivity contribution is -0.139. The number of aryl methyl sites for hydroxylation is 1. The molecule has 0 bridgehead atoms. The number of rotatable bonds is 11. The van der Waals surface area contributed by atoms with Crippen LogP contribution in [0.1, 0.15) is 38.3 Å². The topological polar surface area (TPSA) is 86.8 Å². The summed E-state index contributed by atoms with van der Waals surface area (Å²) in [4.78, 5) is 28.5. The minimum absolute atomic E-state index is 0.0597. The van der Waals surface area contributed by atoms with E-state index in [1.54, 1.807) is 49.4 Å². The first kappa shape index (κ1) is 29.4. The zero-order valence-corrected chi connectivity index (χ0v) is 24.5. The summed E-state index contributed by atoms with van der Waals surface area (Å²) in [6, 6.07) is 21.6. The zero-order valence-electron chi connectivity index (χ0n) is 22.1. The fourth-order valence-corrected chi connectivity index (χ4v) is 5.70. The smallest absolute Gasteiger partial charge is 0.264 e. The summed E-state index contributed by atoms with van der Waals surface area (Å²) in [7, 11) is -4.07. The predicted octanol–water partition coefficient (Wildman–Crippen LogP) is 5.28. The Hall–Kier alpha value is -3.17. The first-order chi connectivity index (χ1) is 18.0. The van der Waals surface area contributed by atoms with E-state index in [2.05, 4.69) is 21.2 Å². The number of benzene rings is 3. The van der Waals surface area contributed by atoms with Crippen LogP contribution in [0.5, 0.6) is 0 Å². The molecule has 0 aliphatic rings. The fraction of sp³-hybridized carbons (Fsp3) is 0.310. The molecule has 3 aromatic rings. The molecule has 0 fully saturated rings. The van der Waals surface area contributed by atoms with E-state index < -0.39 is 28.5 Å². The number of para-hydroxylation sites is 1. The maximum atomic E-state index is 13.9. The van der Waals surface area contributed by atoms with Gasteiger partial charge in [0.05, 0.1) is 10.6 Å². The van der Waals surface area contributed by atoms with Crippen LogP contribution in [-0.4, -0.2) is 43.8 Å². The van der Waals surface area contributed by atoms with Gasteiger partial charge in [-0.3, -0.25) is 13.9 Å². The molecule has 9 heteroatoms. The summed E-state index contributed by atoms with van der Waals surface area (Å²) in [5, 5.41) is 2.93. The van der Waals surface area contributed by atoms with Gasteiger partial charge in [-0.05, 0) is 69.2 Å². The molecule has 3 aromatic carbocycles. The second-order valence-electron chi connectivity index (χ2n) is 9.31. The van der Waals surface area contributed by atoms with Crippen molar-refractivity contribution in [1.82, 2.24) is 10.2 Å². The Bertz CT molecular complexity index is 1350. The number of halogens is 1. The van der Waals surface area contributed by atoms with Crippen LogP contribution in [0.2, 0.25) is 0 Å². The summed E-state index contributed by atoms with van der Waals surface area (Å²) in [5.74, 6) is -0.785. The van der Waals surface area contributed by atoms with Gasteiger partial charge < -0.3 is 10.2 Å². The van der Waals surface area contributed by atoms with Crippen LogP contribution in [0.15, 0.2) is 88.2 Å². The van der Waals surface area contributed by atoms with Gasteiger partial charge in [-0.15, -0.1) is 0 Å². The molecule has 0 aliphatic carbocycles. The molecular formula is C29H34BrN3O4S. The van der Waals surface area contributed by atoms with Gasteiger partial charge in [0.1, 0.15) is 12.6 Å². The van der Waals surface area contributed by atoms with E-state index >= 15 is 0 Å². The van der Waals surface area contributed by atoms with Gasteiger partial charge in [0.2, 0.25) is 11.8 Å². The summed E-state index contributed by atoms with van der Waals surface area (Å²) in [5.41, 5.74) is 2.09. The van der Waals surface area contributed by atoms with Crippen molar-refractivity contribution in [2.45, 2.75) is 57.6 Å². The molecule has 0 aromatic heterocycles. The summed E-state index contributed by atoms with van der Waals surface area (Å²) in [6.07, 6.45) is 0.745. The van der Waals surface area contributed by atoms with Gasteiger partial charge in [0.15, 0.2) is 0 Å². The lowest BCUT2D eigenvalue weighted by atomic mass is 10.1. The molecule has 0 radical (unpaired) electrons. The number of nitrogens with zero attached hydrogens (tertiary/aromatic N) is 2. The molecule has 2 unspecified atom stereocenters. The van der Waals surface area contributed by atoms with Crippen LogP contribution in [0, 0.1) is 6.92 Å². The van der Waals surface area contributed by atoms with E-state index in [4.69, 9.17) is 0 Å². The highest BCUT2D eigenvalue weighted by Crippen LogP contribution is 2.25. The highest BCUT2D eigenvalue weighted by Gasteiger charge is 2.32. The number of hydrogen-bond acceptors (Lipinski definition) is 4. The average Bonchev–Trinajstić information content (AvgIpc) is 2.90. The molecule has 1 N–H and O–H groups in total. The normalized spacial score (nSPS) is 12.9. The third kappa shape index (κ3) is 7.45. The minimum atomic E-state index is -4.07. The van der Waals surface area contributed by atoms with Crippen molar-refractivity contribution in [2.24, 2.45) is 0 Å². The van der Waals surface area contributed by atoms with Crippen LogP contribution in [0.4, 0.5) is 5.69 Å². The van der Waals surface area contributed by atoms with Crippen molar-refractivity contribution in [3.05, 3.63) is 94.5 Å². The monoisotopic (exact) mass is 599 g/mol. The summed E-state index contributed by atoms with van der Waals surface area (Å²) in [6.45, 7) is 7.08. The highest BCUT2D eigenvalue weighted by atomic mass is 79.9. The minimum Gasteiger partial charge on any atom is -0.352 e. The Morgan fingerprint density at radius 1 is 0.947 bits per heavy atom. The van der Waals surface area contributed by atoms with Gasteiger partial charge in [0.25, 0.3) is 10.0 Å². The third-order valence-electron chi connectivity index (χ3n) is 6.34. The molecule has 3 rings (SSSR count). The molecular weight excluding hydrogens is 566 g/mol. The van der Waals surface area contributed by atoms with Crippen molar-refractivity contribution < 1.29 is 18.0 Å². The molecule has 2 atom stereocenters. The zero-order chi connectivity index (χ0) is 27.9. The van der Waals surface area contributed by atoms with Crippen LogP contribution in [0.3, 0.4) is 0 Å². The Morgan fingerprint density at radius 2 is 1.61 bits per heavy atom. The number of sulfonamides is 1. The molecule has 2 amide bonds. The first-order valence-corrected chi connectivity index (χ1v) is 14.7. The average molecular weight is 601 g/mol. The number of nitrogens with one attached hydrogen (secondary N) is 1. The van der Waals surface area contributed by atoms with Gasteiger partial charge in [-0.2, -0.15) is 0 Å². The van der Waals surface area contributed by atoms with Crippen molar-refractivity contribution in [1.29, 1.82) is 0 Å². The number of carbonyl (C=O) groups is 2. The molecule has 0 saturated carbocycles. The van der Waals surface area contributed by atoms with Gasteiger partial charge in [0, 0.05) is 17.1 Å². The standard InChI is InChI=1S/C29H34BrN3O4S/c1-5-22(3)31-29(35)23(4)32(19-24-10-9-11-25(30)18-24)28(34)20-33(26-12-7-6-8-13-26)38(36,37)27-16-14-21(2)15-17-27/h6-18,22-23H,5,19-20H2,1-4H3,(H,31,35). The number of hydrogen-bond donors (Lipinski definition) is 1. The number of anilines is 1. The van der Waals surface area contributed by atoms with E-state index in [1.807, 2.05) is 45.0 Å². The Kier molecular flexibility index (Phi) is 10.1. The second kappa shape index (κ2) is 13.1. The van der Waals surface area contributed by atoms with E-state index in [0.29, 0.717) is 5.69 Å². The highest BCUT2D eigenvalue weighted by molar-refractivity contribution is 9.10. The number of carbonyl (C=O) groups excluding carboxylic acids is 2.